The van der Waals surface area contributed by atoms with Crippen molar-refractivity contribution >= 4 is 46.9 Å². The fourth-order valence-electron chi connectivity index (χ4n) is 3.11. The van der Waals surface area contributed by atoms with Crippen LogP contribution < -0.4 is 21.3 Å². The minimum Gasteiger partial charge on any atom is -0.311 e. The first-order chi connectivity index (χ1) is 18.0. The Bertz CT molecular complexity index is 1350. The molecule has 1 aromatic carbocycles. The number of pyridine rings is 2. The van der Waals surface area contributed by atoms with E-state index in [4.69, 9.17) is 0 Å². The summed E-state index contributed by atoms with van der Waals surface area (Å²) in [5, 5.41) is 10.4. The molecule has 3 aromatic rings. The number of hydrogen-bond donors (Lipinski definition) is 4. The van der Waals surface area contributed by atoms with E-state index < -0.39 is 0 Å². The van der Waals surface area contributed by atoms with Crippen LogP contribution in [-0.2, 0) is 19.2 Å². The predicted octanol–water partition coefficient (Wildman–Crippen LogP) is 3.11. The topological polar surface area (TPSA) is 142 Å². The highest BCUT2D eigenvalue weighted by atomic mass is 16.2. The highest BCUT2D eigenvalue weighted by Gasteiger charge is 2.06. The Morgan fingerprint density at radius 1 is 0.474 bits per heavy atom. The second kappa shape index (κ2) is 12.5. The number of nitrogens with zero attached hydrogens (tertiary/aromatic N) is 2. The summed E-state index contributed by atoms with van der Waals surface area (Å²) in [4.78, 5) is 54.0. The van der Waals surface area contributed by atoms with Gasteiger partial charge < -0.3 is 21.3 Å². The molecular formula is C28H24N6O4. The highest BCUT2D eigenvalue weighted by molar-refractivity contribution is 5.91. The lowest BCUT2D eigenvalue weighted by molar-refractivity contribution is -0.115. The molecule has 0 aliphatic carbocycles. The number of carbonyl (C=O) groups excluding carboxylic acids is 4. The maximum Gasteiger partial charge on any atom is 0.222 e. The van der Waals surface area contributed by atoms with Gasteiger partial charge in [-0.25, -0.2) is 9.97 Å². The number of amides is 4. The molecule has 0 radical (unpaired) electrons. The van der Waals surface area contributed by atoms with Gasteiger partial charge in [0.25, 0.3) is 0 Å². The minimum absolute atomic E-state index is 0.276. The van der Waals surface area contributed by atoms with Gasteiger partial charge in [0.15, 0.2) is 0 Å². The van der Waals surface area contributed by atoms with E-state index in [2.05, 4.69) is 54.9 Å². The molecule has 0 fully saturated rings. The summed E-state index contributed by atoms with van der Waals surface area (Å²) < 4.78 is 0. The molecule has 0 aliphatic rings. The van der Waals surface area contributed by atoms with Crippen LogP contribution in [0.15, 0.2) is 48.5 Å². The van der Waals surface area contributed by atoms with Crippen LogP contribution in [0.1, 0.15) is 49.9 Å². The quantitative estimate of drug-likeness (QED) is 0.399. The smallest absolute Gasteiger partial charge is 0.222 e. The predicted molar refractivity (Wildman–Crippen MR) is 144 cm³/mol. The van der Waals surface area contributed by atoms with E-state index in [1.807, 2.05) is 0 Å². The highest BCUT2D eigenvalue weighted by Crippen LogP contribution is 2.16. The first kappa shape index (κ1) is 27.1. The van der Waals surface area contributed by atoms with Gasteiger partial charge in [0.05, 0.1) is 0 Å². The Hall–Kier alpha value is -5.48. The number of benzene rings is 1. The van der Waals surface area contributed by atoms with Gasteiger partial charge in [-0.2, -0.15) is 0 Å². The summed E-state index contributed by atoms with van der Waals surface area (Å²) in [5.74, 6) is 12.0. The number of carbonyl (C=O) groups is 4. The maximum atomic E-state index is 11.4. The largest absolute Gasteiger partial charge is 0.311 e. The number of aromatic nitrogens is 2. The van der Waals surface area contributed by atoms with Crippen molar-refractivity contribution < 1.29 is 19.2 Å². The van der Waals surface area contributed by atoms with Crippen LogP contribution in [0.2, 0.25) is 0 Å². The summed E-state index contributed by atoms with van der Waals surface area (Å²) in [6.45, 7) is 5.45. The van der Waals surface area contributed by atoms with E-state index in [1.54, 1.807) is 48.5 Å². The first-order valence-corrected chi connectivity index (χ1v) is 11.3. The van der Waals surface area contributed by atoms with Crippen molar-refractivity contribution in [3.05, 3.63) is 70.8 Å². The van der Waals surface area contributed by atoms with Gasteiger partial charge in [0.2, 0.25) is 23.6 Å². The van der Waals surface area contributed by atoms with Crippen LogP contribution in [0.25, 0.3) is 0 Å². The molecule has 10 heteroatoms. The van der Waals surface area contributed by atoms with Crippen molar-refractivity contribution in [1.82, 2.24) is 9.97 Å². The molecule has 0 bridgehead atoms. The summed E-state index contributed by atoms with van der Waals surface area (Å²) >= 11 is 0. The van der Waals surface area contributed by atoms with Crippen molar-refractivity contribution in [1.29, 1.82) is 0 Å². The van der Waals surface area contributed by atoms with Crippen molar-refractivity contribution in [2.75, 3.05) is 21.3 Å². The van der Waals surface area contributed by atoms with Crippen LogP contribution >= 0.6 is 0 Å². The second-order valence-corrected chi connectivity index (χ2v) is 8.05. The van der Waals surface area contributed by atoms with Crippen LogP contribution in [-0.4, -0.2) is 33.6 Å². The minimum atomic E-state index is -0.294. The van der Waals surface area contributed by atoms with E-state index in [9.17, 15) is 19.2 Å². The van der Waals surface area contributed by atoms with E-state index in [0.29, 0.717) is 11.1 Å². The number of anilines is 4. The van der Waals surface area contributed by atoms with Crippen LogP contribution in [0, 0.1) is 23.7 Å². The average molecular weight is 509 g/mol. The monoisotopic (exact) mass is 508 g/mol. The summed E-state index contributed by atoms with van der Waals surface area (Å²) in [5.41, 5.74) is 2.55. The molecule has 0 saturated heterocycles. The molecule has 38 heavy (non-hydrogen) atoms. The molecular weight excluding hydrogens is 484 g/mol. The summed E-state index contributed by atoms with van der Waals surface area (Å²) in [6.07, 6.45) is 0. The fraction of sp³-hybridized carbons (Fsp3) is 0.143. The van der Waals surface area contributed by atoms with Gasteiger partial charge in [-0.05, 0) is 48.5 Å². The number of nitrogens with one attached hydrogen (secondary N) is 4. The normalized spacial score (nSPS) is 9.58. The Labute approximate surface area is 219 Å². The molecule has 2 heterocycles. The maximum absolute atomic E-state index is 11.4. The van der Waals surface area contributed by atoms with E-state index in [-0.39, 0.29) is 46.9 Å². The van der Waals surface area contributed by atoms with Crippen LogP contribution in [0.3, 0.4) is 0 Å². The standard InChI is InChI=1S/C28H24N6O4/c1-17(35)29-25-13-23(14-26(33-25)30-18(2)36)11-9-21-5-7-22(8-6-21)10-12-24-15-27(31-19(3)37)34-28(16-24)32-20(4)38/h5-8,13-16H,1-4H3,(H2,29,30,33,35,36)(H2,31,32,34,37,38). The SMILES string of the molecule is CC(=O)Nc1cc(C#Cc2ccc(C#Cc3cc(NC(C)=O)nc(NC(C)=O)c3)cc2)cc(NC(C)=O)n1. The van der Waals surface area contributed by atoms with Gasteiger partial charge in [-0.3, -0.25) is 19.2 Å². The van der Waals surface area contributed by atoms with Crippen molar-refractivity contribution in [2.45, 2.75) is 27.7 Å². The lowest BCUT2D eigenvalue weighted by Gasteiger charge is -2.06. The Morgan fingerprint density at radius 2 is 0.711 bits per heavy atom. The zero-order valence-corrected chi connectivity index (χ0v) is 21.1. The van der Waals surface area contributed by atoms with Crippen molar-refractivity contribution in [3.63, 3.8) is 0 Å². The fourth-order valence-corrected chi connectivity index (χ4v) is 3.11. The zero-order chi connectivity index (χ0) is 27.7. The Morgan fingerprint density at radius 3 is 0.947 bits per heavy atom. The number of rotatable bonds is 4. The molecule has 2 aromatic heterocycles. The third-order valence-electron chi connectivity index (χ3n) is 4.45. The molecule has 3 rings (SSSR count). The molecule has 4 N–H and O–H groups in total. The van der Waals surface area contributed by atoms with Gasteiger partial charge >= 0.3 is 0 Å². The summed E-state index contributed by atoms with van der Waals surface area (Å²) in [7, 11) is 0. The average Bonchev–Trinajstić information content (AvgIpc) is 2.80. The lowest BCUT2D eigenvalue weighted by atomic mass is 10.1. The molecule has 0 spiro atoms. The van der Waals surface area contributed by atoms with E-state index >= 15 is 0 Å². The Kier molecular flexibility index (Phi) is 8.90. The third kappa shape index (κ3) is 8.95. The summed E-state index contributed by atoms with van der Waals surface area (Å²) in [6, 6.07) is 13.7. The Balaban J connectivity index is 1.82. The molecule has 0 saturated carbocycles. The van der Waals surface area contributed by atoms with Crippen molar-refractivity contribution in [2.24, 2.45) is 0 Å². The first-order valence-electron chi connectivity index (χ1n) is 11.3. The molecule has 0 unspecified atom stereocenters. The third-order valence-corrected chi connectivity index (χ3v) is 4.45. The molecule has 0 aliphatic heterocycles. The van der Waals surface area contributed by atoms with Crippen LogP contribution in [0.5, 0.6) is 0 Å². The van der Waals surface area contributed by atoms with Crippen LogP contribution in [0.4, 0.5) is 23.3 Å². The van der Waals surface area contributed by atoms with E-state index in [1.165, 1.54) is 27.7 Å². The zero-order valence-electron chi connectivity index (χ0n) is 21.1. The lowest BCUT2D eigenvalue weighted by Crippen LogP contribution is -2.11. The van der Waals surface area contributed by atoms with Gasteiger partial charge in [0.1, 0.15) is 23.3 Å². The molecule has 0 atom stereocenters. The molecule has 10 nitrogen and oxygen atoms in total. The van der Waals surface area contributed by atoms with E-state index in [0.717, 1.165) is 11.1 Å². The van der Waals surface area contributed by atoms with Gasteiger partial charge in [-0.15, -0.1) is 0 Å². The van der Waals surface area contributed by atoms with Gasteiger partial charge in [0, 0.05) is 49.9 Å². The molecule has 190 valence electrons. The van der Waals surface area contributed by atoms with Crippen molar-refractivity contribution in [3.8, 4) is 23.7 Å². The van der Waals surface area contributed by atoms with Gasteiger partial charge in [-0.1, -0.05) is 23.7 Å². The second-order valence-electron chi connectivity index (χ2n) is 8.05. The number of hydrogen-bond acceptors (Lipinski definition) is 6. The molecule has 4 amide bonds.